The number of ether oxygens (including phenoxy) is 1. The van der Waals surface area contributed by atoms with Crippen LogP contribution in [0.3, 0.4) is 0 Å². The van der Waals surface area contributed by atoms with Gasteiger partial charge in [0.25, 0.3) is 0 Å². The van der Waals surface area contributed by atoms with E-state index in [4.69, 9.17) is 4.74 Å². The van der Waals surface area contributed by atoms with Crippen LogP contribution < -0.4 is 0 Å². The van der Waals surface area contributed by atoms with E-state index in [9.17, 15) is 15.0 Å². The number of rotatable bonds is 0. The average molecular weight is 266 g/mol. The van der Waals surface area contributed by atoms with Crippen LogP contribution in [0.15, 0.2) is 12.2 Å². The molecule has 3 rings (SSSR count). The summed E-state index contributed by atoms with van der Waals surface area (Å²) in [6.45, 7) is 7.77. The Morgan fingerprint density at radius 1 is 1.42 bits per heavy atom. The number of esters is 1. The molecule has 3 aliphatic rings. The molecule has 0 bridgehead atoms. The Morgan fingerprint density at radius 3 is 2.79 bits per heavy atom. The van der Waals surface area contributed by atoms with E-state index in [1.807, 2.05) is 13.8 Å². The SMILES string of the molecule is C=C1CC[C@@H](O)[C@@]2(C)CC[C@@H]3[C@@H](OC(=O)[C@@H]3C)[C@@]12O. The van der Waals surface area contributed by atoms with Crippen molar-refractivity contribution in [1.82, 2.24) is 0 Å². The van der Waals surface area contributed by atoms with E-state index in [1.165, 1.54) is 0 Å². The lowest BCUT2D eigenvalue weighted by Gasteiger charge is -2.58. The van der Waals surface area contributed by atoms with E-state index >= 15 is 0 Å². The smallest absolute Gasteiger partial charge is 0.309 e. The molecule has 0 aromatic rings. The van der Waals surface area contributed by atoms with E-state index in [2.05, 4.69) is 6.58 Å². The minimum Gasteiger partial charge on any atom is -0.458 e. The highest BCUT2D eigenvalue weighted by molar-refractivity contribution is 5.75. The Balaban J connectivity index is 2.08. The minimum absolute atomic E-state index is 0.0348. The minimum atomic E-state index is -1.28. The summed E-state index contributed by atoms with van der Waals surface area (Å²) >= 11 is 0. The lowest BCUT2D eigenvalue weighted by molar-refractivity contribution is -0.216. The molecular formula is C15H22O4. The van der Waals surface area contributed by atoms with E-state index < -0.39 is 23.2 Å². The Kier molecular flexibility index (Phi) is 2.64. The van der Waals surface area contributed by atoms with E-state index in [0.29, 0.717) is 24.8 Å². The van der Waals surface area contributed by atoms with Crippen molar-refractivity contribution in [3.8, 4) is 0 Å². The first kappa shape index (κ1) is 13.1. The maximum Gasteiger partial charge on any atom is 0.309 e. The highest BCUT2D eigenvalue weighted by Crippen LogP contribution is 2.59. The van der Waals surface area contributed by atoms with Gasteiger partial charge in [-0.05, 0) is 31.3 Å². The summed E-state index contributed by atoms with van der Waals surface area (Å²) in [5.74, 6) is -0.376. The zero-order valence-corrected chi connectivity index (χ0v) is 11.6. The highest BCUT2D eigenvalue weighted by atomic mass is 16.6. The van der Waals surface area contributed by atoms with Gasteiger partial charge in [0.15, 0.2) is 0 Å². The van der Waals surface area contributed by atoms with Crippen LogP contribution in [0.4, 0.5) is 0 Å². The molecule has 0 unspecified atom stereocenters. The summed E-state index contributed by atoms with van der Waals surface area (Å²) < 4.78 is 5.47. The molecule has 2 saturated carbocycles. The summed E-state index contributed by atoms with van der Waals surface area (Å²) in [6.07, 6.45) is 1.60. The molecule has 2 aliphatic carbocycles. The fourth-order valence-corrected chi connectivity index (χ4v) is 4.38. The third-order valence-corrected chi connectivity index (χ3v) is 5.92. The molecule has 19 heavy (non-hydrogen) atoms. The molecule has 0 spiro atoms. The summed E-state index contributed by atoms with van der Waals surface area (Å²) in [5, 5.41) is 21.6. The second-order valence-corrected chi connectivity index (χ2v) is 6.69. The molecule has 6 atom stereocenters. The van der Waals surface area contributed by atoms with Gasteiger partial charge in [-0.15, -0.1) is 0 Å². The number of fused-ring (bicyclic) bond motifs is 3. The largest absolute Gasteiger partial charge is 0.458 e. The van der Waals surface area contributed by atoms with Crippen LogP contribution in [0, 0.1) is 17.3 Å². The van der Waals surface area contributed by atoms with Gasteiger partial charge in [-0.1, -0.05) is 20.4 Å². The van der Waals surface area contributed by atoms with Crippen LogP contribution in [0.5, 0.6) is 0 Å². The van der Waals surface area contributed by atoms with E-state index in [1.54, 1.807) is 0 Å². The standard InChI is InChI=1S/C15H22O4/c1-8-4-5-11(16)14(3)7-6-10-9(2)13(17)19-12(10)15(8,14)18/h9-12,16,18H,1,4-7H2,2-3H3/t9-,10+,11-,12-,14-,15+/m1/s1. The third-order valence-electron chi connectivity index (χ3n) is 5.92. The molecule has 0 amide bonds. The van der Waals surface area contributed by atoms with Crippen molar-refractivity contribution in [3.63, 3.8) is 0 Å². The Labute approximate surface area is 113 Å². The van der Waals surface area contributed by atoms with Crippen molar-refractivity contribution in [2.75, 3.05) is 0 Å². The lowest BCUT2D eigenvalue weighted by atomic mass is 9.51. The quantitative estimate of drug-likeness (QED) is 0.514. The second kappa shape index (κ2) is 3.83. The van der Waals surface area contributed by atoms with Crippen molar-refractivity contribution in [1.29, 1.82) is 0 Å². The van der Waals surface area contributed by atoms with Gasteiger partial charge in [0.2, 0.25) is 0 Å². The summed E-state index contributed by atoms with van der Waals surface area (Å²) in [5.41, 5.74) is -1.24. The predicted octanol–water partition coefficient (Wildman–Crippen LogP) is 1.41. The Morgan fingerprint density at radius 2 is 2.11 bits per heavy atom. The Bertz CT molecular complexity index is 445. The van der Waals surface area contributed by atoms with Gasteiger partial charge in [-0.2, -0.15) is 0 Å². The van der Waals surface area contributed by atoms with Gasteiger partial charge in [-0.3, -0.25) is 4.79 Å². The molecule has 1 heterocycles. The number of aliphatic hydroxyl groups excluding tert-OH is 1. The van der Waals surface area contributed by atoms with Crippen LogP contribution in [0.2, 0.25) is 0 Å². The van der Waals surface area contributed by atoms with Gasteiger partial charge >= 0.3 is 5.97 Å². The molecule has 1 aliphatic heterocycles. The van der Waals surface area contributed by atoms with E-state index in [0.717, 1.165) is 6.42 Å². The van der Waals surface area contributed by atoms with Crippen LogP contribution in [-0.4, -0.2) is 34.0 Å². The van der Waals surface area contributed by atoms with Crippen LogP contribution >= 0.6 is 0 Å². The van der Waals surface area contributed by atoms with Crippen molar-refractivity contribution < 1.29 is 19.7 Å². The number of carbonyl (C=O) groups excluding carboxylic acids is 1. The number of hydrogen-bond acceptors (Lipinski definition) is 4. The molecule has 2 N–H and O–H groups in total. The monoisotopic (exact) mass is 266 g/mol. The molecule has 0 radical (unpaired) electrons. The van der Waals surface area contributed by atoms with Gasteiger partial charge in [0.05, 0.1) is 12.0 Å². The molecule has 1 saturated heterocycles. The highest BCUT2D eigenvalue weighted by Gasteiger charge is 2.67. The molecule has 4 nitrogen and oxygen atoms in total. The summed E-state index contributed by atoms with van der Waals surface area (Å²) in [7, 11) is 0. The molecule has 0 aromatic heterocycles. The van der Waals surface area contributed by atoms with Crippen molar-refractivity contribution in [3.05, 3.63) is 12.2 Å². The molecule has 0 aromatic carbocycles. The molecular weight excluding hydrogens is 244 g/mol. The van der Waals surface area contributed by atoms with Gasteiger partial charge in [0.1, 0.15) is 11.7 Å². The number of carbonyl (C=O) groups is 1. The maximum atomic E-state index is 11.8. The predicted molar refractivity (Wildman–Crippen MR) is 69.2 cm³/mol. The topological polar surface area (TPSA) is 66.8 Å². The van der Waals surface area contributed by atoms with Crippen molar-refractivity contribution in [2.45, 2.75) is 57.3 Å². The first-order chi connectivity index (χ1) is 8.82. The Hall–Kier alpha value is -0.870. The van der Waals surface area contributed by atoms with Crippen molar-refractivity contribution in [2.24, 2.45) is 17.3 Å². The first-order valence-corrected chi connectivity index (χ1v) is 7.11. The fourth-order valence-electron chi connectivity index (χ4n) is 4.38. The molecule has 106 valence electrons. The molecule has 4 heteroatoms. The number of hydrogen-bond donors (Lipinski definition) is 2. The lowest BCUT2D eigenvalue weighted by Crippen LogP contribution is -2.67. The average Bonchev–Trinajstić information content (AvgIpc) is 2.66. The van der Waals surface area contributed by atoms with Crippen LogP contribution in [-0.2, 0) is 9.53 Å². The summed E-state index contributed by atoms with van der Waals surface area (Å²) in [4.78, 5) is 11.8. The number of aliphatic hydroxyl groups is 2. The van der Waals surface area contributed by atoms with Crippen LogP contribution in [0.25, 0.3) is 0 Å². The van der Waals surface area contributed by atoms with E-state index in [-0.39, 0.29) is 17.8 Å². The third kappa shape index (κ3) is 1.39. The second-order valence-electron chi connectivity index (χ2n) is 6.69. The fraction of sp³-hybridized carbons (Fsp3) is 0.800. The maximum absolute atomic E-state index is 11.8. The van der Waals surface area contributed by atoms with Crippen LogP contribution in [0.1, 0.15) is 39.5 Å². The normalized spacial score (nSPS) is 53.5. The first-order valence-electron chi connectivity index (χ1n) is 7.11. The molecule has 3 fully saturated rings. The van der Waals surface area contributed by atoms with Crippen molar-refractivity contribution >= 4 is 5.97 Å². The van der Waals surface area contributed by atoms with Gasteiger partial charge in [-0.25, -0.2) is 0 Å². The zero-order chi connectivity index (χ0) is 14.0. The van der Waals surface area contributed by atoms with Gasteiger partial charge in [0, 0.05) is 11.3 Å². The van der Waals surface area contributed by atoms with Gasteiger partial charge < -0.3 is 14.9 Å². The summed E-state index contributed by atoms with van der Waals surface area (Å²) in [6, 6.07) is 0. The zero-order valence-electron chi connectivity index (χ0n) is 11.6.